The van der Waals surface area contributed by atoms with Crippen molar-refractivity contribution < 1.29 is 19.4 Å². The highest BCUT2D eigenvalue weighted by Crippen LogP contribution is 2.29. The summed E-state index contributed by atoms with van der Waals surface area (Å²) in [4.78, 5) is 24.6. The molecule has 1 aliphatic rings. The second-order valence-corrected chi connectivity index (χ2v) is 5.37. The van der Waals surface area contributed by atoms with Gasteiger partial charge in [-0.25, -0.2) is 4.79 Å². The number of amides is 2. The van der Waals surface area contributed by atoms with E-state index in [1.165, 1.54) is 0 Å². The number of ether oxygens (including phenoxy) is 1. The van der Waals surface area contributed by atoms with Crippen molar-refractivity contribution in [3.05, 3.63) is 0 Å². The highest BCUT2D eigenvalue weighted by atomic mass is 16.5. The second-order valence-electron chi connectivity index (χ2n) is 5.37. The maximum Gasteiger partial charge on any atom is 0.317 e. The number of hydrogen-bond acceptors (Lipinski definition) is 3. The van der Waals surface area contributed by atoms with Gasteiger partial charge in [-0.1, -0.05) is 13.3 Å². The Labute approximate surface area is 114 Å². The van der Waals surface area contributed by atoms with E-state index in [9.17, 15) is 9.59 Å². The van der Waals surface area contributed by atoms with E-state index in [0.29, 0.717) is 19.5 Å². The topological polar surface area (TPSA) is 78.9 Å². The third-order valence-electron chi connectivity index (χ3n) is 3.70. The van der Waals surface area contributed by atoms with Gasteiger partial charge in [0.15, 0.2) is 0 Å². The summed E-state index contributed by atoms with van der Waals surface area (Å²) in [6, 6.07) is -0.205. The summed E-state index contributed by atoms with van der Waals surface area (Å²) in [6.07, 6.45) is 2.40. The van der Waals surface area contributed by atoms with E-state index < -0.39 is 11.4 Å². The van der Waals surface area contributed by atoms with Crippen LogP contribution >= 0.6 is 0 Å². The molecule has 19 heavy (non-hydrogen) atoms. The summed E-state index contributed by atoms with van der Waals surface area (Å²) < 4.78 is 5.26. The van der Waals surface area contributed by atoms with Crippen LogP contribution in [-0.2, 0) is 9.53 Å². The van der Waals surface area contributed by atoms with Crippen LogP contribution in [0.2, 0.25) is 0 Å². The minimum Gasteiger partial charge on any atom is -0.481 e. The van der Waals surface area contributed by atoms with Gasteiger partial charge in [0.05, 0.1) is 11.5 Å². The van der Waals surface area contributed by atoms with Crippen LogP contribution in [0.25, 0.3) is 0 Å². The Balaban J connectivity index is 2.41. The number of nitrogens with one attached hydrogen (secondary N) is 1. The fraction of sp³-hybridized carbons (Fsp3) is 0.846. The summed E-state index contributed by atoms with van der Waals surface area (Å²) in [5, 5.41) is 11.9. The van der Waals surface area contributed by atoms with Crippen LogP contribution < -0.4 is 5.32 Å². The molecular weight excluding hydrogens is 248 g/mol. The van der Waals surface area contributed by atoms with E-state index >= 15 is 0 Å². The van der Waals surface area contributed by atoms with Crippen LogP contribution in [0.3, 0.4) is 0 Å². The lowest BCUT2D eigenvalue weighted by Crippen LogP contribution is -2.43. The number of carboxylic acid groups (broad SMARTS) is 1. The van der Waals surface area contributed by atoms with Crippen molar-refractivity contribution in [2.75, 3.05) is 26.7 Å². The fourth-order valence-corrected chi connectivity index (χ4v) is 2.25. The van der Waals surface area contributed by atoms with Gasteiger partial charge in [-0.15, -0.1) is 0 Å². The van der Waals surface area contributed by atoms with Crippen molar-refractivity contribution in [1.29, 1.82) is 0 Å². The Hall–Kier alpha value is -1.30. The molecule has 110 valence electrons. The third-order valence-corrected chi connectivity index (χ3v) is 3.70. The quantitative estimate of drug-likeness (QED) is 0.764. The first-order chi connectivity index (χ1) is 8.92. The standard InChI is InChI=1S/C13H24N2O4/c1-4-5-10(19-3)8-14-12(18)15-7-6-13(2,9-15)11(16)17/h10H,4-9H2,1-3H3,(H,14,18)(H,16,17). The van der Waals surface area contributed by atoms with Gasteiger partial charge < -0.3 is 20.1 Å². The Morgan fingerprint density at radius 3 is 2.68 bits per heavy atom. The zero-order valence-electron chi connectivity index (χ0n) is 11.9. The van der Waals surface area contributed by atoms with Gasteiger partial charge in [-0.3, -0.25) is 4.79 Å². The van der Waals surface area contributed by atoms with Crippen molar-refractivity contribution in [1.82, 2.24) is 10.2 Å². The molecule has 0 spiro atoms. The maximum atomic E-state index is 11.9. The molecule has 0 bridgehead atoms. The van der Waals surface area contributed by atoms with Crippen LogP contribution in [0.4, 0.5) is 4.79 Å². The van der Waals surface area contributed by atoms with E-state index in [1.54, 1.807) is 18.9 Å². The van der Waals surface area contributed by atoms with Crippen LogP contribution in [0.1, 0.15) is 33.1 Å². The van der Waals surface area contributed by atoms with Gasteiger partial charge in [-0.05, 0) is 19.8 Å². The molecule has 2 unspecified atom stereocenters. The minimum absolute atomic E-state index is 0.0161. The van der Waals surface area contributed by atoms with Gasteiger partial charge in [-0.2, -0.15) is 0 Å². The number of aliphatic carboxylic acids is 1. The van der Waals surface area contributed by atoms with Gasteiger partial charge in [0.1, 0.15) is 0 Å². The molecule has 6 heteroatoms. The minimum atomic E-state index is -0.844. The monoisotopic (exact) mass is 272 g/mol. The lowest BCUT2D eigenvalue weighted by atomic mass is 9.90. The van der Waals surface area contributed by atoms with Gasteiger partial charge in [0, 0.05) is 26.7 Å². The Bertz CT molecular complexity index is 335. The summed E-state index contributed by atoms with van der Waals surface area (Å²) in [5.41, 5.74) is -0.818. The van der Waals surface area contributed by atoms with Crippen molar-refractivity contribution in [3.8, 4) is 0 Å². The molecule has 1 saturated heterocycles. The molecule has 0 aliphatic carbocycles. The smallest absolute Gasteiger partial charge is 0.317 e. The number of carboxylic acids is 1. The highest BCUT2D eigenvalue weighted by molar-refractivity contribution is 5.79. The average molecular weight is 272 g/mol. The van der Waals surface area contributed by atoms with Crippen molar-refractivity contribution in [2.45, 2.75) is 39.2 Å². The van der Waals surface area contributed by atoms with Crippen LogP contribution in [-0.4, -0.2) is 54.9 Å². The van der Waals surface area contributed by atoms with Gasteiger partial charge in [0.2, 0.25) is 0 Å². The first-order valence-electron chi connectivity index (χ1n) is 6.72. The van der Waals surface area contributed by atoms with E-state index in [4.69, 9.17) is 9.84 Å². The predicted octanol–water partition coefficient (Wildman–Crippen LogP) is 1.31. The molecule has 2 amide bonds. The molecule has 1 fully saturated rings. The number of carbonyl (C=O) groups excluding carboxylic acids is 1. The third kappa shape index (κ3) is 4.09. The fourth-order valence-electron chi connectivity index (χ4n) is 2.25. The molecule has 0 saturated carbocycles. The summed E-state index contributed by atoms with van der Waals surface area (Å²) in [6.45, 7) is 4.95. The molecule has 2 N–H and O–H groups in total. The molecule has 0 aromatic heterocycles. The maximum absolute atomic E-state index is 11.9. The van der Waals surface area contributed by atoms with Crippen LogP contribution in [0.5, 0.6) is 0 Å². The molecular formula is C13H24N2O4. The lowest BCUT2D eigenvalue weighted by molar-refractivity contribution is -0.147. The van der Waals surface area contributed by atoms with E-state index in [1.807, 2.05) is 0 Å². The summed E-state index contributed by atoms with van der Waals surface area (Å²) >= 11 is 0. The average Bonchev–Trinajstić information content (AvgIpc) is 2.78. The number of hydrogen-bond donors (Lipinski definition) is 2. The first kappa shape index (κ1) is 15.8. The predicted molar refractivity (Wildman–Crippen MR) is 71.0 cm³/mol. The number of methoxy groups -OCH3 is 1. The highest BCUT2D eigenvalue weighted by Gasteiger charge is 2.42. The van der Waals surface area contributed by atoms with E-state index in [-0.39, 0.29) is 18.7 Å². The molecule has 2 atom stereocenters. The largest absolute Gasteiger partial charge is 0.481 e. The molecule has 1 aliphatic heterocycles. The van der Waals surface area contributed by atoms with Crippen molar-refractivity contribution in [3.63, 3.8) is 0 Å². The molecule has 0 radical (unpaired) electrons. The number of nitrogens with zero attached hydrogens (tertiary/aromatic N) is 1. The van der Waals surface area contributed by atoms with E-state index in [2.05, 4.69) is 12.2 Å². The molecule has 1 heterocycles. The SMILES string of the molecule is CCCC(CNC(=O)N1CCC(C)(C(=O)O)C1)OC. The normalized spacial score (nSPS) is 24.3. The number of rotatable bonds is 6. The number of carbonyl (C=O) groups is 2. The van der Waals surface area contributed by atoms with Crippen molar-refractivity contribution in [2.24, 2.45) is 5.41 Å². The lowest BCUT2D eigenvalue weighted by Gasteiger charge is -2.22. The number of urea groups is 1. The molecule has 0 aromatic carbocycles. The zero-order valence-corrected chi connectivity index (χ0v) is 11.9. The first-order valence-corrected chi connectivity index (χ1v) is 6.72. The zero-order chi connectivity index (χ0) is 14.5. The van der Waals surface area contributed by atoms with Gasteiger partial charge in [0.25, 0.3) is 0 Å². The molecule has 6 nitrogen and oxygen atoms in total. The molecule has 0 aromatic rings. The van der Waals surface area contributed by atoms with E-state index in [0.717, 1.165) is 12.8 Å². The second kappa shape index (κ2) is 6.75. The Kier molecular flexibility index (Phi) is 5.60. The molecule has 1 rings (SSSR count). The summed E-state index contributed by atoms with van der Waals surface area (Å²) in [5.74, 6) is -0.844. The Morgan fingerprint density at radius 2 is 2.21 bits per heavy atom. The summed E-state index contributed by atoms with van der Waals surface area (Å²) in [7, 11) is 1.63. The van der Waals surface area contributed by atoms with Crippen LogP contribution in [0, 0.1) is 5.41 Å². The Morgan fingerprint density at radius 1 is 1.53 bits per heavy atom. The van der Waals surface area contributed by atoms with Crippen LogP contribution in [0.15, 0.2) is 0 Å². The van der Waals surface area contributed by atoms with Gasteiger partial charge >= 0.3 is 12.0 Å². The van der Waals surface area contributed by atoms with Crippen molar-refractivity contribution >= 4 is 12.0 Å². The number of likely N-dealkylation sites (tertiary alicyclic amines) is 1.